The number of benzene rings is 1. The minimum Gasteiger partial charge on any atom is -0.496 e. The molecule has 0 saturated carbocycles. The van der Waals surface area contributed by atoms with E-state index >= 15 is 0 Å². The molecule has 1 rings (SSSR count). The molecule has 7 heteroatoms. The largest absolute Gasteiger partial charge is 0.496 e. The van der Waals surface area contributed by atoms with Gasteiger partial charge in [-0.15, -0.1) is 6.42 Å². The van der Waals surface area contributed by atoms with E-state index in [4.69, 9.17) is 15.9 Å². The summed E-state index contributed by atoms with van der Waals surface area (Å²) in [4.78, 5) is 34.6. The average Bonchev–Trinajstić information content (AvgIpc) is 2.57. The molecule has 2 amide bonds. The molecule has 0 radical (unpaired) electrons. The SMILES string of the molecule is C#CCNC(=O)COC(=O)CCNC(=O)c1ccccc1OC. The Balaban J connectivity index is 2.31. The van der Waals surface area contributed by atoms with Crippen LogP contribution in [0.5, 0.6) is 5.75 Å². The summed E-state index contributed by atoms with van der Waals surface area (Å²) in [6.07, 6.45) is 4.92. The molecule has 0 aliphatic carbocycles. The highest BCUT2D eigenvalue weighted by atomic mass is 16.5. The summed E-state index contributed by atoms with van der Waals surface area (Å²) in [5.74, 6) is 1.24. The lowest BCUT2D eigenvalue weighted by molar-refractivity contribution is -0.148. The highest BCUT2D eigenvalue weighted by molar-refractivity contribution is 5.97. The van der Waals surface area contributed by atoms with Gasteiger partial charge < -0.3 is 20.1 Å². The minimum atomic E-state index is -0.596. The Kier molecular flexibility index (Phi) is 7.72. The number of terminal acetylenes is 1. The van der Waals surface area contributed by atoms with Crippen LogP contribution in [0.25, 0.3) is 0 Å². The third kappa shape index (κ3) is 6.52. The van der Waals surface area contributed by atoms with Gasteiger partial charge in [0.25, 0.3) is 11.8 Å². The standard InChI is InChI=1S/C16H18N2O5/c1-3-9-17-14(19)11-23-15(20)8-10-18-16(21)12-6-4-5-7-13(12)22-2/h1,4-7H,8-11H2,2H3,(H,17,19)(H,18,21). The highest BCUT2D eigenvalue weighted by Gasteiger charge is 2.12. The van der Waals surface area contributed by atoms with Crippen LogP contribution in [0.1, 0.15) is 16.8 Å². The predicted octanol–water partition coefficient (Wildman–Crippen LogP) is 0.108. The second-order valence-electron chi connectivity index (χ2n) is 4.35. The van der Waals surface area contributed by atoms with Gasteiger partial charge in [0, 0.05) is 6.54 Å². The molecule has 0 saturated heterocycles. The fourth-order valence-corrected chi connectivity index (χ4v) is 1.62. The lowest BCUT2D eigenvalue weighted by Crippen LogP contribution is -2.30. The summed E-state index contributed by atoms with van der Waals surface area (Å²) in [5.41, 5.74) is 0.372. The van der Waals surface area contributed by atoms with Gasteiger partial charge >= 0.3 is 5.97 Å². The summed E-state index contributed by atoms with van der Waals surface area (Å²) in [5, 5.41) is 4.94. The Labute approximate surface area is 134 Å². The van der Waals surface area contributed by atoms with Crippen molar-refractivity contribution >= 4 is 17.8 Å². The molecule has 7 nitrogen and oxygen atoms in total. The Morgan fingerprint density at radius 2 is 1.96 bits per heavy atom. The van der Waals surface area contributed by atoms with Gasteiger partial charge in [0.1, 0.15) is 5.75 Å². The number of methoxy groups -OCH3 is 1. The number of carbonyl (C=O) groups excluding carboxylic acids is 3. The molecular formula is C16H18N2O5. The zero-order valence-electron chi connectivity index (χ0n) is 12.8. The van der Waals surface area contributed by atoms with Crippen LogP contribution in [-0.4, -0.2) is 44.6 Å². The van der Waals surface area contributed by atoms with Crippen molar-refractivity contribution in [3.63, 3.8) is 0 Å². The van der Waals surface area contributed by atoms with Crippen LogP contribution in [-0.2, 0) is 14.3 Å². The van der Waals surface area contributed by atoms with E-state index < -0.39 is 18.5 Å². The fraction of sp³-hybridized carbons (Fsp3) is 0.312. The second kappa shape index (κ2) is 9.84. The molecule has 0 unspecified atom stereocenters. The van der Waals surface area contributed by atoms with Gasteiger partial charge in [-0.3, -0.25) is 14.4 Å². The topological polar surface area (TPSA) is 93.7 Å². The number of nitrogens with one attached hydrogen (secondary N) is 2. The number of rotatable bonds is 8. The highest BCUT2D eigenvalue weighted by Crippen LogP contribution is 2.16. The molecule has 2 N–H and O–H groups in total. The van der Waals surface area contributed by atoms with Crippen molar-refractivity contribution in [2.24, 2.45) is 0 Å². The number of carbonyl (C=O) groups is 3. The lowest BCUT2D eigenvalue weighted by atomic mass is 10.2. The Morgan fingerprint density at radius 1 is 1.22 bits per heavy atom. The first-order valence-electron chi connectivity index (χ1n) is 6.85. The van der Waals surface area contributed by atoms with Gasteiger partial charge in [0.05, 0.1) is 25.6 Å². The Hall–Kier alpha value is -3.01. The van der Waals surface area contributed by atoms with Crippen LogP contribution in [0, 0.1) is 12.3 Å². The molecule has 0 aromatic heterocycles. The zero-order chi connectivity index (χ0) is 17.1. The van der Waals surface area contributed by atoms with Crippen molar-refractivity contribution < 1.29 is 23.9 Å². The molecule has 23 heavy (non-hydrogen) atoms. The van der Waals surface area contributed by atoms with Crippen LogP contribution in [0.4, 0.5) is 0 Å². The average molecular weight is 318 g/mol. The van der Waals surface area contributed by atoms with E-state index in [0.29, 0.717) is 11.3 Å². The van der Waals surface area contributed by atoms with Gasteiger partial charge in [-0.2, -0.15) is 0 Å². The predicted molar refractivity (Wildman–Crippen MR) is 82.7 cm³/mol. The monoisotopic (exact) mass is 318 g/mol. The summed E-state index contributed by atoms with van der Waals surface area (Å²) in [6, 6.07) is 6.74. The Bertz CT molecular complexity index is 607. The second-order valence-corrected chi connectivity index (χ2v) is 4.35. The smallest absolute Gasteiger partial charge is 0.308 e. The van der Waals surface area contributed by atoms with Crippen molar-refractivity contribution in [1.82, 2.24) is 10.6 Å². The van der Waals surface area contributed by atoms with Crippen LogP contribution in [0.2, 0.25) is 0 Å². The first kappa shape index (κ1) is 18.0. The van der Waals surface area contributed by atoms with Gasteiger partial charge in [0.2, 0.25) is 0 Å². The van der Waals surface area contributed by atoms with Gasteiger partial charge in [0.15, 0.2) is 6.61 Å². The molecule has 1 aromatic rings. The van der Waals surface area contributed by atoms with Gasteiger partial charge in [-0.25, -0.2) is 0 Å². The number of esters is 1. The summed E-state index contributed by atoms with van der Waals surface area (Å²) >= 11 is 0. The van der Waals surface area contributed by atoms with Crippen LogP contribution in [0.3, 0.4) is 0 Å². The maximum Gasteiger partial charge on any atom is 0.308 e. The molecule has 122 valence electrons. The van der Waals surface area contributed by atoms with E-state index in [-0.39, 0.29) is 25.4 Å². The summed E-state index contributed by atoms with van der Waals surface area (Å²) < 4.78 is 9.82. The minimum absolute atomic E-state index is 0.0523. The van der Waals surface area contributed by atoms with E-state index in [1.165, 1.54) is 7.11 Å². The molecule has 0 aliphatic rings. The molecule has 1 aromatic carbocycles. The normalized spacial score (nSPS) is 9.39. The molecule has 0 fully saturated rings. The van der Waals surface area contributed by atoms with Crippen molar-refractivity contribution in [3.05, 3.63) is 29.8 Å². The zero-order valence-corrected chi connectivity index (χ0v) is 12.8. The number of ether oxygens (including phenoxy) is 2. The lowest BCUT2D eigenvalue weighted by Gasteiger charge is -2.09. The van der Waals surface area contributed by atoms with Gasteiger partial charge in [-0.05, 0) is 12.1 Å². The molecule has 0 bridgehead atoms. The summed E-state index contributed by atoms with van der Waals surface area (Å²) in [7, 11) is 1.47. The number of para-hydroxylation sites is 1. The fourth-order valence-electron chi connectivity index (χ4n) is 1.62. The molecule has 0 atom stereocenters. The van der Waals surface area contributed by atoms with Crippen LogP contribution in [0.15, 0.2) is 24.3 Å². The third-order valence-electron chi connectivity index (χ3n) is 2.72. The van der Waals surface area contributed by atoms with Crippen molar-refractivity contribution in [3.8, 4) is 18.1 Å². The van der Waals surface area contributed by atoms with E-state index in [1.54, 1.807) is 24.3 Å². The van der Waals surface area contributed by atoms with E-state index in [1.807, 2.05) is 0 Å². The molecule has 0 heterocycles. The van der Waals surface area contributed by atoms with E-state index in [2.05, 4.69) is 16.6 Å². The van der Waals surface area contributed by atoms with Crippen LogP contribution < -0.4 is 15.4 Å². The third-order valence-corrected chi connectivity index (χ3v) is 2.72. The maximum atomic E-state index is 12.0. The van der Waals surface area contributed by atoms with Crippen molar-refractivity contribution in [2.45, 2.75) is 6.42 Å². The summed E-state index contributed by atoms with van der Waals surface area (Å²) in [6.45, 7) is -0.242. The number of amides is 2. The number of hydrogen-bond donors (Lipinski definition) is 2. The van der Waals surface area contributed by atoms with Crippen LogP contribution >= 0.6 is 0 Å². The Morgan fingerprint density at radius 3 is 2.65 bits per heavy atom. The van der Waals surface area contributed by atoms with E-state index in [0.717, 1.165) is 0 Å². The van der Waals surface area contributed by atoms with Crippen molar-refractivity contribution in [1.29, 1.82) is 0 Å². The first-order chi connectivity index (χ1) is 11.1. The first-order valence-corrected chi connectivity index (χ1v) is 6.85. The molecular weight excluding hydrogens is 300 g/mol. The van der Waals surface area contributed by atoms with E-state index in [9.17, 15) is 14.4 Å². The molecule has 0 spiro atoms. The number of hydrogen-bond acceptors (Lipinski definition) is 5. The van der Waals surface area contributed by atoms with Gasteiger partial charge in [-0.1, -0.05) is 18.1 Å². The molecule has 0 aliphatic heterocycles. The quantitative estimate of drug-likeness (QED) is 0.524. The maximum absolute atomic E-state index is 12.0. The van der Waals surface area contributed by atoms with Crippen molar-refractivity contribution in [2.75, 3.05) is 26.8 Å².